The van der Waals surface area contributed by atoms with Gasteiger partial charge in [-0.05, 0) is 217 Å². The minimum atomic E-state index is -0.155. The summed E-state index contributed by atoms with van der Waals surface area (Å²) in [7, 11) is 1.69. The zero-order valence-electron chi connectivity index (χ0n) is 62.6. The summed E-state index contributed by atoms with van der Waals surface area (Å²) in [6.07, 6.45) is 13.6. The number of allylic oxidation sites excluding steroid dienone is 8. The van der Waals surface area contributed by atoms with Crippen LogP contribution in [0.3, 0.4) is 0 Å². The number of nitrogens with zero attached hydrogens (tertiary/aromatic N) is 4. The predicted octanol–water partition coefficient (Wildman–Crippen LogP) is 22.3. The Morgan fingerprint density at radius 3 is 1.78 bits per heavy atom. The maximum absolute atomic E-state index is 14.6. The lowest BCUT2D eigenvalue weighted by molar-refractivity contribution is -0.118. The number of fused-ring (bicyclic) bond motifs is 16. The van der Waals surface area contributed by atoms with Gasteiger partial charge in [-0.3, -0.25) is 14.8 Å². The average molecular weight is 1320 g/mol. The number of aromatic nitrogens is 8. The first-order chi connectivity index (χ1) is 47.0. The quantitative estimate of drug-likeness (QED) is 0.0268. The number of carbonyl (C=O) groups is 1. The number of rotatable bonds is 26. The number of hydrogen-bond donors (Lipinski definition) is 5. The molecule has 10 rings (SSSR count). The van der Waals surface area contributed by atoms with Crippen LogP contribution in [0.25, 0.3) is 78.6 Å². The fourth-order valence-corrected chi connectivity index (χ4v) is 15.7. The lowest BCUT2D eigenvalue weighted by Crippen LogP contribution is -2.18. The van der Waals surface area contributed by atoms with Crippen molar-refractivity contribution < 1.29 is 9.53 Å². The highest BCUT2D eigenvalue weighted by molar-refractivity contribution is 6.01. The van der Waals surface area contributed by atoms with Crippen molar-refractivity contribution in [2.45, 2.75) is 212 Å². The van der Waals surface area contributed by atoms with Crippen molar-refractivity contribution in [1.82, 2.24) is 45.2 Å². The molecule has 11 nitrogen and oxygen atoms in total. The SMILES string of the molecule is C=Cc1c(C)c2cc3nc(c(CC(=C)CC)c4nc(cc5[nH]c(cc1[nH]2)c(C)c5CCc1c2nc(c(CC(=O)CC)c5nc(cc6[nH]c(cc7[nH]c1c(C)c7C=C)c(C)c6CC)C(C)=C5C(=C)NCCC(=C)CC(C)(C)C)C(CCC(=C)OC)[C@@H]2C)C(C)=C4C(=C)C)C(CCC(=C)C)C3. The Kier molecular flexibility index (Phi) is 21.8. The highest BCUT2D eigenvalue weighted by Gasteiger charge is 2.37. The number of carbonyl (C=O) groups excluding carboxylic acids is 1. The van der Waals surface area contributed by atoms with E-state index in [1.165, 1.54) is 11.1 Å². The maximum Gasteiger partial charge on any atom is 0.137 e. The van der Waals surface area contributed by atoms with Crippen LogP contribution < -0.4 is 5.32 Å². The molecule has 4 aliphatic rings. The van der Waals surface area contributed by atoms with E-state index in [-0.39, 0.29) is 35.4 Å². The monoisotopic (exact) mass is 1320 g/mol. The lowest BCUT2D eigenvalue weighted by Gasteiger charge is -2.21. The molecule has 5 N–H and O–H groups in total. The largest absolute Gasteiger partial charge is 0.502 e. The maximum atomic E-state index is 14.6. The summed E-state index contributed by atoms with van der Waals surface area (Å²) in [4.78, 5) is 53.5. The number of hydrogen-bond acceptors (Lipinski definition) is 7. The topological polar surface area (TPSA) is 153 Å². The van der Waals surface area contributed by atoms with Crippen LogP contribution in [0.2, 0.25) is 0 Å². The normalized spacial score (nSPS) is 15.4. The van der Waals surface area contributed by atoms with Crippen LogP contribution in [-0.4, -0.2) is 59.3 Å². The molecule has 0 radical (unpaired) electrons. The third-order valence-corrected chi connectivity index (χ3v) is 21.4. The van der Waals surface area contributed by atoms with E-state index >= 15 is 0 Å². The first-order valence-corrected chi connectivity index (χ1v) is 36.0. The van der Waals surface area contributed by atoms with Crippen LogP contribution in [0.1, 0.15) is 252 Å². The first kappa shape index (κ1) is 72.6. The molecule has 6 aromatic heterocycles. The molecule has 6 aromatic rings. The van der Waals surface area contributed by atoms with Gasteiger partial charge in [0.1, 0.15) is 5.78 Å². The Hall–Kier alpha value is -9.09. The number of nitrogens with one attached hydrogen (secondary N) is 5. The van der Waals surface area contributed by atoms with E-state index in [9.17, 15) is 4.79 Å². The van der Waals surface area contributed by atoms with E-state index in [1.807, 2.05) is 19.1 Å². The number of ether oxygens (including phenoxy) is 1. The molecule has 0 spiro atoms. The van der Waals surface area contributed by atoms with Crippen LogP contribution in [0.5, 0.6) is 0 Å². The summed E-state index contributed by atoms with van der Waals surface area (Å²) in [6.45, 7) is 69.5. The van der Waals surface area contributed by atoms with Gasteiger partial charge in [-0.1, -0.05) is 123 Å². The van der Waals surface area contributed by atoms with Gasteiger partial charge < -0.3 is 30.0 Å². The van der Waals surface area contributed by atoms with Gasteiger partial charge in [0.25, 0.3) is 0 Å². The van der Waals surface area contributed by atoms with Crippen molar-refractivity contribution in [2.75, 3.05) is 13.7 Å². The molecule has 11 heteroatoms. The average Bonchev–Trinajstić information content (AvgIpc) is 1.60. The second kappa shape index (κ2) is 29.8. The number of Topliss-reactive ketones (excluding diaryl/α,β-unsaturated/α-hetero) is 1. The molecule has 10 heterocycles. The minimum Gasteiger partial charge on any atom is -0.502 e. The summed E-state index contributed by atoms with van der Waals surface area (Å²) < 4.78 is 5.84. The Balaban J connectivity index is 1.31. The van der Waals surface area contributed by atoms with Gasteiger partial charge in [0.05, 0.1) is 41.3 Å². The fourth-order valence-electron chi connectivity index (χ4n) is 15.7. The molecule has 518 valence electrons. The molecule has 16 bridgehead atoms. The number of H-pyrrole nitrogens is 4. The summed E-state index contributed by atoms with van der Waals surface area (Å²) in [6, 6.07) is 11.2. The molecule has 0 aromatic carbocycles. The molecule has 0 aliphatic carbocycles. The molecule has 0 amide bonds. The second-order valence-electron chi connectivity index (χ2n) is 29.9. The molecule has 0 saturated carbocycles. The van der Waals surface area contributed by atoms with E-state index in [2.05, 4.69) is 199 Å². The van der Waals surface area contributed by atoms with Crippen LogP contribution in [0, 0.1) is 33.1 Å². The Morgan fingerprint density at radius 1 is 0.606 bits per heavy atom. The van der Waals surface area contributed by atoms with Gasteiger partial charge >= 0.3 is 0 Å². The lowest BCUT2D eigenvalue weighted by atomic mass is 9.82. The molecule has 4 aliphatic heterocycles. The molecule has 0 saturated heterocycles. The number of aryl methyl sites for hydroxylation is 7. The fraction of sp³-hybridized carbons (Fsp3) is 0.398. The van der Waals surface area contributed by atoms with E-state index in [0.717, 1.165) is 235 Å². The highest BCUT2D eigenvalue weighted by Crippen LogP contribution is 2.48. The van der Waals surface area contributed by atoms with Gasteiger partial charge in [-0.25, -0.2) is 9.97 Å². The van der Waals surface area contributed by atoms with Crippen molar-refractivity contribution in [2.24, 2.45) is 5.41 Å². The summed E-state index contributed by atoms with van der Waals surface area (Å²) in [5.74, 6) is 0.669. The first-order valence-electron chi connectivity index (χ1n) is 36.0. The van der Waals surface area contributed by atoms with E-state index < -0.39 is 0 Å². The molecule has 3 atom stereocenters. The van der Waals surface area contributed by atoms with Crippen molar-refractivity contribution in [3.63, 3.8) is 0 Å². The Morgan fingerprint density at radius 2 is 1.18 bits per heavy atom. The van der Waals surface area contributed by atoms with Gasteiger partial charge in [0.15, 0.2) is 0 Å². The van der Waals surface area contributed by atoms with E-state index in [0.29, 0.717) is 50.8 Å². The zero-order valence-corrected chi connectivity index (χ0v) is 62.6. The third-order valence-electron chi connectivity index (χ3n) is 21.4. The Labute approximate surface area is 589 Å². The predicted molar refractivity (Wildman–Crippen MR) is 422 cm³/mol. The third kappa shape index (κ3) is 14.8. The van der Waals surface area contributed by atoms with Crippen molar-refractivity contribution in [3.8, 4) is 0 Å². The van der Waals surface area contributed by atoms with Crippen LogP contribution in [0.4, 0.5) is 0 Å². The van der Waals surface area contributed by atoms with Crippen molar-refractivity contribution in [1.29, 1.82) is 0 Å². The molecule has 0 fully saturated rings. The van der Waals surface area contributed by atoms with Gasteiger partial charge in [0.2, 0.25) is 0 Å². The molecular weight excluding hydrogens is 1220 g/mol. The van der Waals surface area contributed by atoms with Crippen LogP contribution >= 0.6 is 0 Å². The van der Waals surface area contributed by atoms with Gasteiger partial charge in [0, 0.05) is 144 Å². The van der Waals surface area contributed by atoms with Crippen LogP contribution in [-0.2, 0) is 48.1 Å². The number of ketones is 1. The standard InChI is InChI=1S/C88H109N9O2/c1-25-49(10)38-69-84-60(32-30-47(6)7)39-61(90-84)40-71-52(13)63(27-3)76(91-71)42-73-54(15)66(79(93-73)45-74-57(18)80(48(8)9)86(69)94-74)34-35-68-82-55(16)65(29-5)78(96-82)43-72-53(14)64(28-4)77(92-72)44-75-58(19)81(59(20)89-37-36-50(11)46-88(21,22)23)87(95-75)70(41-62(98)26-2)85-67(33-31-51(12)99-24)56(17)83(68)97-85/h27,29,40,42-45,56,60,67,89,91-93,96H,3,5-6,8,10-12,20,25-26,28,30-39,41,46H2,1-2,4,7,9,13-19,21-24H3/t56-,60?,67?/m0/s1. The van der Waals surface area contributed by atoms with Gasteiger partial charge in [-0.2, -0.15) is 0 Å². The second-order valence-corrected chi connectivity index (χ2v) is 29.9. The summed E-state index contributed by atoms with van der Waals surface area (Å²) >= 11 is 0. The van der Waals surface area contributed by atoms with Crippen molar-refractivity contribution in [3.05, 3.63) is 223 Å². The molecule has 99 heavy (non-hydrogen) atoms. The van der Waals surface area contributed by atoms with Crippen LogP contribution in [0.15, 0.2) is 117 Å². The van der Waals surface area contributed by atoms with Crippen molar-refractivity contribution >= 4 is 84.4 Å². The van der Waals surface area contributed by atoms with E-state index in [4.69, 9.17) is 31.3 Å². The van der Waals surface area contributed by atoms with Gasteiger partial charge in [-0.15, -0.1) is 6.58 Å². The number of aromatic amines is 4. The summed E-state index contributed by atoms with van der Waals surface area (Å²) in [5, 5.41) is 3.75. The molecule has 2 unspecified atom stereocenters. The highest BCUT2D eigenvalue weighted by atomic mass is 16.5. The summed E-state index contributed by atoms with van der Waals surface area (Å²) in [5.41, 5.74) is 36.4. The Bertz CT molecular complexity index is 4810. The van der Waals surface area contributed by atoms with E-state index in [1.54, 1.807) is 7.11 Å². The zero-order chi connectivity index (χ0) is 71.8. The molecular formula is C88H109N9O2. The number of methoxy groups -OCH3 is 1. The minimum absolute atomic E-state index is 0.104. The smallest absolute Gasteiger partial charge is 0.137 e.